The molecule has 0 spiro atoms. The van der Waals surface area contributed by atoms with E-state index in [-0.39, 0.29) is 12.1 Å². The molecule has 2 aromatic rings. The van der Waals surface area contributed by atoms with E-state index in [0.29, 0.717) is 11.3 Å². The molecule has 104 valence electrons. The lowest BCUT2D eigenvalue weighted by Crippen LogP contribution is -2.12. The molecule has 0 saturated heterocycles. The van der Waals surface area contributed by atoms with Crippen molar-refractivity contribution in [2.24, 2.45) is 0 Å². The molecule has 0 heterocycles. The topological polar surface area (TPSA) is 64.3 Å². The Hall–Kier alpha value is -2.49. The average Bonchev–Trinajstić information content (AvgIpc) is 2.41. The minimum Gasteiger partial charge on any atom is -0.459 e. The monoisotopic (exact) mass is 270 g/mol. The van der Waals surface area contributed by atoms with Crippen molar-refractivity contribution in [1.82, 2.24) is 0 Å². The van der Waals surface area contributed by atoms with Crippen molar-refractivity contribution >= 4 is 23.0 Å². The van der Waals surface area contributed by atoms with Crippen molar-refractivity contribution < 1.29 is 9.53 Å². The van der Waals surface area contributed by atoms with Crippen LogP contribution in [0.3, 0.4) is 0 Å². The van der Waals surface area contributed by atoms with Gasteiger partial charge >= 0.3 is 5.97 Å². The van der Waals surface area contributed by atoms with Crippen molar-refractivity contribution in [1.29, 1.82) is 0 Å². The summed E-state index contributed by atoms with van der Waals surface area (Å²) in [6.07, 6.45) is -0.147. The summed E-state index contributed by atoms with van der Waals surface area (Å²) >= 11 is 0. The number of hydrogen-bond donors (Lipinski definition) is 2. The number of nitrogens with one attached hydrogen (secondary N) is 1. The van der Waals surface area contributed by atoms with Crippen molar-refractivity contribution in [3.05, 3.63) is 54.1 Å². The number of nitrogen functional groups attached to an aromatic ring is 1. The van der Waals surface area contributed by atoms with Crippen molar-refractivity contribution in [3.63, 3.8) is 0 Å². The average molecular weight is 270 g/mol. The standard InChI is InChI=1S/C16H18N2O2/c1-11(2)20-16(19)12-8-9-15(14(17)10-12)18-13-6-4-3-5-7-13/h3-11,18H,17H2,1-2H3. The van der Waals surface area contributed by atoms with Crippen LogP contribution in [0, 0.1) is 0 Å². The van der Waals surface area contributed by atoms with Gasteiger partial charge in [0.2, 0.25) is 0 Å². The zero-order valence-corrected chi connectivity index (χ0v) is 11.6. The first-order valence-electron chi connectivity index (χ1n) is 6.49. The van der Waals surface area contributed by atoms with Crippen LogP contribution in [0.4, 0.5) is 17.1 Å². The predicted octanol–water partition coefficient (Wildman–Crippen LogP) is 3.58. The molecule has 0 bridgehead atoms. The third-order valence-corrected chi connectivity index (χ3v) is 2.68. The number of anilines is 3. The Morgan fingerprint density at radius 3 is 2.45 bits per heavy atom. The Balaban J connectivity index is 2.16. The van der Waals surface area contributed by atoms with Gasteiger partial charge in [-0.2, -0.15) is 0 Å². The molecule has 0 fully saturated rings. The van der Waals surface area contributed by atoms with Crippen molar-refractivity contribution in [3.8, 4) is 0 Å². The highest BCUT2D eigenvalue weighted by atomic mass is 16.5. The first kappa shape index (κ1) is 13.9. The molecular formula is C16H18N2O2. The highest BCUT2D eigenvalue weighted by Gasteiger charge is 2.11. The number of benzene rings is 2. The number of para-hydroxylation sites is 1. The summed E-state index contributed by atoms with van der Waals surface area (Å²) < 4.78 is 5.13. The Morgan fingerprint density at radius 1 is 1.15 bits per heavy atom. The van der Waals surface area contributed by atoms with E-state index in [1.54, 1.807) is 18.2 Å². The zero-order chi connectivity index (χ0) is 14.5. The summed E-state index contributed by atoms with van der Waals surface area (Å²) in [6, 6.07) is 14.8. The van der Waals surface area contributed by atoms with E-state index in [1.807, 2.05) is 44.2 Å². The molecule has 2 rings (SSSR count). The maximum absolute atomic E-state index is 11.8. The summed E-state index contributed by atoms with van der Waals surface area (Å²) in [5.74, 6) is -0.363. The molecule has 0 aliphatic carbocycles. The molecule has 4 heteroatoms. The smallest absolute Gasteiger partial charge is 0.338 e. The first-order chi connectivity index (χ1) is 9.56. The van der Waals surface area contributed by atoms with Crippen LogP contribution in [0.1, 0.15) is 24.2 Å². The molecule has 0 aliphatic heterocycles. The Kier molecular flexibility index (Phi) is 4.25. The van der Waals surface area contributed by atoms with Gasteiger partial charge in [0.05, 0.1) is 23.0 Å². The van der Waals surface area contributed by atoms with E-state index in [0.717, 1.165) is 11.4 Å². The summed E-state index contributed by atoms with van der Waals surface area (Å²) in [7, 11) is 0. The quantitative estimate of drug-likeness (QED) is 0.658. The fourth-order valence-electron chi connectivity index (χ4n) is 1.76. The summed E-state index contributed by atoms with van der Waals surface area (Å²) in [6.45, 7) is 3.62. The number of carbonyl (C=O) groups is 1. The second-order valence-corrected chi connectivity index (χ2v) is 4.75. The van der Waals surface area contributed by atoms with Crippen LogP contribution in [0.2, 0.25) is 0 Å². The second-order valence-electron chi connectivity index (χ2n) is 4.75. The van der Waals surface area contributed by atoms with Gasteiger partial charge in [-0.05, 0) is 44.2 Å². The van der Waals surface area contributed by atoms with E-state index in [2.05, 4.69) is 5.32 Å². The molecule has 0 saturated carbocycles. The third kappa shape index (κ3) is 3.51. The number of rotatable bonds is 4. The Labute approximate surface area is 118 Å². The fraction of sp³-hybridized carbons (Fsp3) is 0.188. The number of nitrogens with two attached hydrogens (primary N) is 1. The van der Waals surface area contributed by atoms with E-state index >= 15 is 0 Å². The van der Waals surface area contributed by atoms with Gasteiger partial charge in [0.25, 0.3) is 0 Å². The molecule has 2 aromatic carbocycles. The van der Waals surface area contributed by atoms with Gasteiger partial charge in [-0.3, -0.25) is 0 Å². The number of carbonyl (C=O) groups excluding carboxylic acids is 1. The minimum absolute atomic E-state index is 0.147. The number of esters is 1. The molecular weight excluding hydrogens is 252 g/mol. The number of ether oxygens (including phenoxy) is 1. The normalized spacial score (nSPS) is 10.3. The number of hydrogen-bond acceptors (Lipinski definition) is 4. The molecule has 0 atom stereocenters. The maximum atomic E-state index is 11.8. The SMILES string of the molecule is CC(C)OC(=O)c1ccc(Nc2ccccc2)c(N)c1. The summed E-state index contributed by atoms with van der Waals surface area (Å²) in [4.78, 5) is 11.8. The van der Waals surface area contributed by atoms with Gasteiger partial charge in [-0.25, -0.2) is 4.79 Å². The maximum Gasteiger partial charge on any atom is 0.338 e. The van der Waals surface area contributed by atoms with E-state index in [4.69, 9.17) is 10.5 Å². The summed E-state index contributed by atoms with van der Waals surface area (Å²) in [5, 5.41) is 3.20. The zero-order valence-electron chi connectivity index (χ0n) is 11.6. The lowest BCUT2D eigenvalue weighted by molar-refractivity contribution is 0.0378. The summed E-state index contributed by atoms with van der Waals surface area (Å²) in [5.41, 5.74) is 8.63. The highest BCUT2D eigenvalue weighted by molar-refractivity contribution is 5.92. The van der Waals surface area contributed by atoms with Gasteiger partial charge in [0, 0.05) is 5.69 Å². The van der Waals surface area contributed by atoms with Crippen LogP contribution < -0.4 is 11.1 Å². The van der Waals surface area contributed by atoms with Gasteiger partial charge in [-0.1, -0.05) is 18.2 Å². The van der Waals surface area contributed by atoms with Gasteiger partial charge < -0.3 is 15.8 Å². The van der Waals surface area contributed by atoms with Crippen LogP contribution in [-0.4, -0.2) is 12.1 Å². The van der Waals surface area contributed by atoms with Gasteiger partial charge in [0.15, 0.2) is 0 Å². The van der Waals surface area contributed by atoms with Crippen LogP contribution in [0.15, 0.2) is 48.5 Å². The van der Waals surface area contributed by atoms with Crippen LogP contribution in [-0.2, 0) is 4.74 Å². The van der Waals surface area contributed by atoms with Crippen LogP contribution >= 0.6 is 0 Å². The molecule has 0 unspecified atom stereocenters. The lowest BCUT2D eigenvalue weighted by atomic mass is 10.1. The molecule has 0 radical (unpaired) electrons. The third-order valence-electron chi connectivity index (χ3n) is 2.68. The molecule has 0 amide bonds. The molecule has 0 aliphatic rings. The van der Waals surface area contributed by atoms with Crippen LogP contribution in [0.5, 0.6) is 0 Å². The van der Waals surface area contributed by atoms with Gasteiger partial charge in [0.1, 0.15) is 0 Å². The highest BCUT2D eigenvalue weighted by Crippen LogP contribution is 2.24. The Morgan fingerprint density at radius 2 is 1.85 bits per heavy atom. The molecule has 4 nitrogen and oxygen atoms in total. The van der Waals surface area contributed by atoms with Gasteiger partial charge in [-0.15, -0.1) is 0 Å². The fourth-order valence-corrected chi connectivity index (χ4v) is 1.76. The molecule has 3 N–H and O–H groups in total. The lowest BCUT2D eigenvalue weighted by Gasteiger charge is -2.12. The van der Waals surface area contributed by atoms with E-state index in [1.165, 1.54) is 0 Å². The second kappa shape index (κ2) is 6.10. The van der Waals surface area contributed by atoms with E-state index in [9.17, 15) is 4.79 Å². The predicted molar refractivity (Wildman–Crippen MR) is 81.1 cm³/mol. The first-order valence-corrected chi connectivity index (χ1v) is 6.49. The molecule has 0 aromatic heterocycles. The largest absolute Gasteiger partial charge is 0.459 e. The van der Waals surface area contributed by atoms with Crippen molar-refractivity contribution in [2.75, 3.05) is 11.1 Å². The van der Waals surface area contributed by atoms with Crippen LogP contribution in [0.25, 0.3) is 0 Å². The minimum atomic E-state index is -0.363. The molecule has 20 heavy (non-hydrogen) atoms. The van der Waals surface area contributed by atoms with E-state index < -0.39 is 0 Å². The van der Waals surface area contributed by atoms with Crippen molar-refractivity contribution in [2.45, 2.75) is 20.0 Å². The Bertz CT molecular complexity index is 595.